The van der Waals surface area contributed by atoms with Crippen molar-refractivity contribution in [2.75, 3.05) is 33.5 Å². The van der Waals surface area contributed by atoms with E-state index in [1.54, 1.807) is 25.1 Å². The lowest BCUT2D eigenvalue weighted by Gasteiger charge is -2.10. The van der Waals surface area contributed by atoms with E-state index in [2.05, 4.69) is 15.3 Å². The van der Waals surface area contributed by atoms with Crippen LogP contribution in [0.5, 0.6) is 0 Å². The van der Waals surface area contributed by atoms with E-state index in [1.165, 1.54) is 18.2 Å². The van der Waals surface area contributed by atoms with E-state index in [9.17, 15) is 26.4 Å². The number of nitrogens with zero attached hydrogens (tertiary/aromatic N) is 5. The second-order valence-electron chi connectivity index (χ2n) is 7.31. The second kappa shape index (κ2) is 9.57. The summed E-state index contributed by atoms with van der Waals surface area (Å²) in [4.78, 5) is 14.0. The zero-order valence-corrected chi connectivity index (χ0v) is 19.5. The summed E-state index contributed by atoms with van der Waals surface area (Å²) in [5, 5.41) is 11.8. The van der Waals surface area contributed by atoms with E-state index < -0.39 is 34.2 Å². The van der Waals surface area contributed by atoms with Crippen LogP contribution in [-0.2, 0) is 32.1 Å². The Hall–Kier alpha value is -2.84. The lowest BCUT2D eigenvalue weighted by Crippen LogP contribution is -2.22. The van der Waals surface area contributed by atoms with Gasteiger partial charge in [-0.1, -0.05) is 23.5 Å². The van der Waals surface area contributed by atoms with Crippen LogP contribution < -0.4 is 0 Å². The molecule has 3 aromatic rings. The molecule has 2 heterocycles. The van der Waals surface area contributed by atoms with Gasteiger partial charge in [0.1, 0.15) is 23.9 Å². The van der Waals surface area contributed by atoms with Crippen molar-refractivity contribution in [1.82, 2.24) is 24.9 Å². The number of aromatic nitrogens is 4. The number of alkyl halides is 3. The molecule has 33 heavy (non-hydrogen) atoms. The van der Waals surface area contributed by atoms with E-state index in [1.807, 2.05) is 0 Å². The van der Waals surface area contributed by atoms with Crippen LogP contribution in [0.3, 0.4) is 0 Å². The summed E-state index contributed by atoms with van der Waals surface area (Å²) in [5.74, 6) is -0.750. The highest BCUT2D eigenvalue weighted by molar-refractivity contribution is 7.90. The van der Waals surface area contributed by atoms with Crippen molar-refractivity contribution >= 4 is 27.1 Å². The van der Waals surface area contributed by atoms with Crippen molar-refractivity contribution in [3.05, 3.63) is 36.0 Å². The highest BCUT2D eigenvalue weighted by atomic mass is 32.2. The van der Waals surface area contributed by atoms with Crippen LogP contribution >= 0.6 is 11.3 Å². The lowest BCUT2D eigenvalue weighted by atomic mass is 10.2. The van der Waals surface area contributed by atoms with Crippen molar-refractivity contribution in [3.8, 4) is 21.3 Å². The van der Waals surface area contributed by atoms with E-state index in [-0.39, 0.29) is 22.2 Å². The lowest BCUT2D eigenvalue weighted by molar-refractivity contribution is -0.146. The highest BCUT2D eigenvalue weighted by Crippen LogP contribution is 2.35. The summed E-state index contributed by atoms with van der Waals surface area (Å²) in [6.45, 7) is -0.0106. The molecule has 0 atom stereocenters. The van der Waals surface area contributed by atoms with Gasteiger partial charge < -0.3 is 9.64 Å². The topological polar surface area (TPSA) is 107 Å². The zero-order chi connectivity index (χ0) is 24.4. The second-order valence-corrected chi connectivity index (χ2v) is 10.3. The van der Waals surface area contributed by atoms with Gasteiger partial charge in [-0.2, -0.15) is 18.3 Å². The van der Waals surface area contributed by atoms with Crippen LogP contribution in [0.2, 0.25) is 0 Å². The molecule has 178 valence electrons. The molecule has 0 spiro atoms. The smallest absolute Gasteiger partial charge is 0.435 e. The van der Waals surface area contributed by atoms with Crippen molar-refractivity contribution in [2.45, 2.75) is 17.6 Å². The number of benzene rings is 1. The highest BCUT2D eigenvalue weighted by Gasteiger charge is 2.36. The number of sulfone groups is 1. The summed E-state index contributed by atoms with van der Waals surface area (Å²) < 4.78 is 69.3. The maximum Gasteiger partial charge on any atom is 0.435 e. The molecule has 0 fully saturated rings. The number of esters is 1. The summed E-state index contributed by atoms with van der Waals surface area (Å²) in [6, 6.07) is 6.75. The normalized spacial score (nSPS) is 12.3. The fourth-order valence-corrected chi connectivity index (χ4v) is 4.19. The van der Waals surface area contributed by atoms with Crippen LogP contribution in [-0.4, -0.2) is 72.8 Å². The van der Waals surface area contributed by atoms with Gasteiger partial charge in [0, 0.05) is 18.4 Å². The number of carbonyl (C=O) groups excluding carboxylic acids is 1. The Morgan fingerprint density at radius 3 is 2.52 bits per heavy atom. The molecule has 0 aliphatic rings. The van der Waals surface area contributed by atoms with Crippen LogP contribution in [0, 0.1) is 0 Å². The van der Waals surface area contributed by atoms with E-state index >= 15 is 0 Å². The molecule has 0 saturated heterocycles. The first-order valence-electron chi connectivity index (χ1n) is 9.44. The van der Waals surface area contributed by atoms with Gasteiger partial charge in [0.25, 0.3) is 0 Å². The fourth-order valence-electron chi connectivity index (χ4n) is 2.66. The predicted octanol–water partition coefficient (Wildman–Crippen LogP) is 2.60. The van der Waals surface area contributed by atoms with Crippen molar-refractivity contribution in [3.63, 3.8) is 0 Å². The van der Waals surface area contributed by atoms with Gasteiger partial charge in [0.2, 0.25) is 0 Å². The minimum absolute atomic E-state index is 0.0603. The summed E-state index contributed by atoms with van der Waals surface area (Å²) in [5.41, 5.74) is -0.809. The van der Waals surface area contributed by atoms with Gasteiger partial charge in [0.05, 0.1) is 4.90 Å². The van der Waals surface area contributed by atoms with Crippen molar-refractivity contribution in [1.29, 1.82) is 0 Å². The first-order valence-corrected chi connectivity index (χ1v) is 12.1. The molecule has 0 unspecified atom stereocenters. The molecule has 2 aromatic heterocycles. The quantitative estimate of drug-likeness (QED) is 0.432. The minimum Gasteiger partial charge on any atom is -0.463 e. The number of hydrogen-bond donors (Lipinski definition) is 0. The molecule has 0 bridgehead atoms. The molecule has 0 aliphatic heterocycles. The van der Waals surface area contributed by atoms with Gasteiger partial charge in [-0.3, -0.25) is 9.48 Å². The SMILES string of the molecule is CN(C)CCOC(=O)Cn1nc(C(F)(F)F)cc1-c1nnc(-c2cccc(S(C)(=O)=O)c2)s1. The van der Waals surface area contributed by atoms with Gasteiger partial charge >= 0.3 is 12.1 Å². The molecule has 0 radical (unpaired) electrons. The Morgan fingerprint density at radius 2 is 1.88 bits per heavy atom. The average molecular weight is 504 g/mol. The molecular weight excluding hydrogens is 483 g/mol. The van der Waals surface area contributed by atoms with Gasteiger partial charge in [-0.05, 0) is 32.3 Å². The number of rotatable bonds is 8. The predicted molar refractivity (Wildman–Crippen MR) is 114 cm³/mol. The van der Waals surface area contributed by atoms with Gasteiger partial charge in [-0.15, -0.1) is 10.2 Å². The third-order valence-electron chi connectivity index (χ3n) is 4.30. The molecule has 3 rings (SSSR count). The largest absolute Gasteiger partial charge is 0.463 e. The molecule has 1 aromatic carbocycles. The Balaban J connectivity index is 1.92. The van der Waals surface area contributed by atoms with E-state index in [0.717, 1.165) is 28.3 Å². The first kappa shape index (κ1) is 24.8. The number of halogens is 3. The Bertz CT molecular complexity index is 1250. The molecule has 0 saturated carbocycles. The van der Waals surface area contributed by atoms with Crippen LogP contribution in [0.25, 0.3) is 21.3 Å². The van der Waals surface area contributed by atoms with Crippen LogP contribution in [0.1, 0.15) is 5.69 Å². The number of hydrogen-bond acceptors (Lipinski definition) is 9. The Kier molecular flexibility index (Phi) is 7.19. The van der Waals surface area contributed by atoms with E-state index in [4.69, 9.17) is 4.74 Å². The average Bonchev–Trinajstić information content (AvgIpc) is 3.34. The summed E-state index contributed by atoms with van der Waals surface area (Å²) >= 11 is 0.941. The Labute approximate surface area is 191 Å². The molecule has 9 nitrogen and oxygen atoms in total. The molecule has 0 N–H and O–H groups in total. The third-order valence-corrected chi connectivity index (χ3v) is 6.41. The number of ether oxygens (including phenoxy) is 1. The summed E-state index contributed by atoms with van der Waals surface area (Å²) in [7, 11) is 0.109. The number of likely N-dealkylation sites (N-methyl/N-ethyl adjacent to an activating group) is 1. The molecular formula is C19H20F3N5O4S2. The van der Waals surface area contributed by atoms with Gasteiger partial charge in [-0.25, -0.2) is 8.42 Å². The third kappa shape index (κ3) is 6.36. The first-order chi connectivity index (χ1) is 15.3. The Morgan fingerprint density at radius 1 is 1.18 bits per heavy atom. The standard InChI is InChI=1S/C19H20F3N5O4S2/c1-26(2)7-8-31-16(28)11-27-14(10-15(25-27)19(20,21)22)18-24-23-17(32-18)12-5-4-6-13(9-12)33(3,29)30/h4-6,9-10H,7-8,11H2,1-3H3. The van der Waals surface area contributed by atoms with Crippen LogP contribution in [0.15, 0.2) is 35.2 Å². The van der Waals surface area contributed by atoms with Crippen molar-refractivity contribution in [2.24, 2.45) is 0 Å². The minimum atomic E-state index is -4.73. The monoisotopic (exact) mass is 503 g/mol. The summed E-state index contributed by atoms with van der Waals surface area (Å²) in [6.07, 6.45) is -3.67. The van der Waals surface area contributed by atoms with E-state index in [0.29, 0.717) is 17.1 Å². The van der Waals surface area contributed by atoms with Crippen LogP contribution in [0.4, 0.5) is 13.2 Å². The zero-order valence-electron chi connectivity index (χ0n) is 17.8. The molecule has 14 heteroatoms. The van der Waals surface area contributed by atoms with Gasteiger partial charge in [0.15, 0.2) is 20.5 Å². The molecule has 0 amide bonds. The van der Waals surface area contributed by atoms with Crippen molar-refractivity contribution < 1.29 is 31.1 Å². The fraction of sp³-hybridized carbons (Fsp3) is 0.368. The number of carbonyl (C=O) groups is 1. The maximum absolute atomic E-state index is 13.3. The maximum atomic E-state index is 13.3. The molecule has 0 aliphatic carbocycles.